The van der Waals surface area contributed by atoms with E-state index in [9.17, 15) is 5.21 Å². The van der Waals surface area contributed by atoms with E-state index in [1.165, 1.54) is 20.9 Å². The third-order valence-electron chi connectivity index (χ3n) is 5.69. The van der Waals surface area contributed by atoms with Crippen LogP contribution in [0, 0.1) is 5.21 Å². The van der Waals surface area contributed by atoms with E-state index in [4.69, 9.17) is 16.7 Å². The van der Waals surface area contributed by atoms with E-state index >= 15 is 0 Å². The monoisotopic (exact) mass is 476 g/mol. The smallest absolute Gasteiger partial charge is 0.0913 e. The van der Waals surface area contributed by atoms with E-state index in [-0.39, 0.29) is 42.1 Å². The molecule has 1 saturated heterocycles. The molecule has 0 saturated carbocycles. The number of hydroxylamine groups is 3. The highest BCUT2D eigenvalue weighted by molar-refractivity contribution is 7.99. The van der Waals surface area contributed by atoms with Gasteiger partial charge in [0.25, 0.3) is 0 Å². The van der Waals surface area contributed by atoms with Crippen molar-refractivity contribution >= 4 is 48.2 Å². The van der Waals surface area contributed by atoms with Gasteiger partial charge in [0.05, 0.1) is 19.6 Å². The van der Waals surface area contributed by atoms with Crippen LogP contribution in [0.2, 0.25) is 5.02 Å². The summed E-state index contributed by atoms with van der Waals surface area (Å²) in [5.74, 6) is 0. The standard InChI is InChI=1S/C21H25ClN2O2S.2ClH/c22-17-6-7-21-18(15-17)19(14-16-4-1-2-5-20(16)27-21)23-8-11-24(26,12-9-23)10-3-13-25;;/h1-2,4-7,15,19,25H,3,8-14H2;2*1H. The molecular formula is C21H27Cl3N2O2S. The average molecular weight is 478 g/mol. The Kier molecular flexibility index (Phi) is 9.13. The second-order valence-electron chi connectivity index (χ2n) is 7.45. The summed E-state index contributed by atoms with van der Waals surface area (Å²) in [6.45, 7) is 3.32. The van der Waals surface area contributed by atoms with Gasteiger partial charge in [-0.1, -0.05) is 41.6 Å². The van der Waals surface area contributed by atoms with Crippen LogP contribution < -0.4 is 0 Å². The summed E-state index contributed by atoms with van der Waals surface area (Å²) in [5.41, 5.74) is 2.62. The topological polar surface area (TPSA) is 46.5 Å². The summed E-state index contributed by atoms with van der Waals surface area (Å²) in [5, 5.41) is 22.7. The van der Waals surface area contributed by atoms with Crippen LogP contribution >= 0.6 is 48.2 Å². The van der Waals surface area contributed by atoms with E-state index in [1.807, 2.05) is 17.8 Å². The van der Waals surface area contributed by atoms with Crippen molar-refractivity contribution in [2.24, 2.45) is 0 Å². The van der Waals surface area contributed by atoms with Crippen LogP contribution in [-0.4, -0.2) is 54.0 Å². The minimum absolute atomic E-state index is 0. The maximum Gasteiger partial charge on any atom is 0.0913 e. The Hall–Kier alpha value is -0.500. The number of aliphatic hydroxyl groups excluding tert-OH is 1. The first-order valence-corrected chi connectivity index (χ1v) is 10.7. The molecule has 0 spiro atoms. The lowest BCUT2D eigenvalue weighted by molar-refractivity contribution is -0.885. The van der Waals surface area contributed by atoms with Gasteiger partial charge in [-0.3, -0.25) is 4.90 Å². The quantitative estimate of drug-likeness (QED) is 0.500. The average Bonchev–Trinajstić information content (AvgIpc) is 2.84. The molecule has 0 aliphatic carbocycles. The number of hydrogen-bond donors (Lipinski definition) is 1. The number of halogens is 3. The zero-order chi connectivity index (χ0) is 18.9. The first kappa shape index (κ1) is 24.8. The van der Waals surface area contributed by atoms with E-state index in [1.54, 1.807) is 0 Å². The number of rotatable bonds is 4. The molecule has 0 bridgehead atoms. The number of benzene rings is 2. The summed E-state index contributed by atoms with van der Waals surface area (Å²) in [4.78, 5) is 5.01. The molecule has 2 aliphatic heterocycles. The zero-order valence-electron chi connectivity index (χ0n) is 16.1. The molecule has 0 radical (unpaired) electrons. The normalized spacial score (nSPS) is 20.4. The van der Waals surface area contributed by atoms with Crippen molar-refractivity contribution in [1.82, 2.24) is 4.90 Å². The van der Waals surface area contributed by atoms with Gasteiger partial charge in [-0.25, -0.2) is 0 Å². The van der Waals surface area contributed by atoms with Crippen molar-refractivity contribution in [3.63, 3.8) is 0 Å². The second kappa shape index (κ2) is 10.7. The van der Waals surface area contributed by atoms with Gasteiger partial charge >= 0.3 is 0 Å². The van der Waals surface area contributed by atoms with E-state index < -0.39 is 0 Å². The number of aliphatic hydroxyl groups is 1. The van der Waals surface area contributed by atoms with Gasteiger partial charge in [0, 0.05) is 47.0 Å². The minimum Gasteiger partial charge on any atom is -0.633 e. The lowest BCUT2D eigenvalue weighted by atomic mass is 9.96. The fraction of sp³-hybridized carbons (Fsp3) is 0.429. The van der Waals surface area contributed by atoms with Gasteiger partial charge in [-0.15, -0.1) is 24.8 Å². The Balaban J connectivity index is 0.00000150. The molecule has 1 N–H and O–H groups in total. The van der Waals surface area contributed by atoms with Gasteiger partial charge in [0.15, 0.2) is 0 Å². The molecule has 0 aromatic heterocycles. The van der Waals surface area contributed by atoms with Crippen LogP contribution in [0.5, 0.6) is 0 Å². The van der Waals surface area contributed by atoms with Crippen LogP contribution in [0.15, 0.2) is 52.3 Å². The Labute approximate surface area is 194 Å². The number of quaternary nitrogens is 1. The molecule has 1 unspecified atom stereocenters. The molecule has 2 aliphatic rings. The first-order valence-electron chi connectivity index (χ1n) is 9.55. The third-order valence-corrected chi connectivity index (χ3v) is 7.14. The van der Waals surface area contributed by atoms with Crippen molar-refractivity contribution in [2.45, 2.75) is 28.7 Å². The van der Waals surface area contributed by atoms with Gasteiger partial charge in [-0.05, 0) is 41.8 Å². The van der Waals surface area contributed by atoms with Crippen LogP contribution in [0.25, 0.3) is 0 Å². The Bertz CT molecular complexity index is 816. The Morgan fingerprint density at radius 2 is 1.83 bits per heavy atom. The Morgan fingerprint density at radius 3 is 2.55 bits per heavy atom. The summed E-state index contributed by atoms with van der Waals surface area (Å²) in [6, 6.07) is 15.0. The van der Waals surface area contributed by atoms with Gasteiger partial charge in [0.2, 0.25) is 0 Å². The first-order chi connectivity index (χ1) is 13.1. The molecule has 2 aromatic carbocycles. The van der Waals surface area contributed by atoms with Crippen molar-refractivity contribution in [3.8, 4) is 0 Å². The summed E-state index contributed by atoms with van der Waals surface area (Å²) in [6.07, 6.45) is 1.52. The summed E-state index contributed by atoms with van der Waals surface area (Å²) in [7, 11) is 0. The predicted molar refractivity (Wildman–Crippen MR) is 124 cm³/mol. The van der Waals surface area contributed by atoms with E-state index in [0.717, 1.165) is 24.5 Å². The van der Waals surface area contributed by atoms with Crippen molar-refractivity contribution in [1.29, 1.82) is 0 Å². The SMILES string of the molecule is Cl.Cl.[O-][N+]1(CCCO)CCN(C2Cc3ccccc3Sc3ccc(Cl)cc32)CC1. The van der Waals surface area contributed by atoms with Crippen molar-refractivity contribution in [3.05, 3.63) is 63.8 Å². The van der Waals surface area contributed by atoms with Gasteiger partial charge in [-0.2, -0.15) is 0 Å². The molecule has 4 nitrogen and oxygen atoms in total. The summed E-state index contributed by atoms with van der Waals surface area (Å²) >= 11 is 8.16. The molecule has 1 fully saturated rings. The van der Waals surface area contributed by atoms with Crippen LogP contribution in [0.3, 0.4) is 0 Å². The number of fused-ring (bicyclic) bond motifs is 2. The molecule has 1 atom stereocenters. The molecule has 2 aromatic rings. The highest BCUT2D eigenvalue weighted by atomic mass is 35.5. The predicted octanol–water partition coefficient (Wildman–Crippen LogP) is 4.94. The van der Waals surface area contributed by atoms with Crippen molar-refractivity contribution < 1.29 is 9.75 Å². The van der Waals surface area contributed by atoms with Crippen LogP contribution in [-0.2, 0) is 6.42 Å². The molecular weight excluding hydrogens is 451 g/mol. The van der Waals surface area contributed by atoms with E-state index in [2.05, 4.69) is 41.3 Å². The fourth-order valence-electron chi connectivity index (χ4n) is 4.15. The fourth-order valence-corrected chi connectivity index (χ4v) is 5.44. The molecule has 2 heterocycles. The lowest BCUT2D eigenvalue weighted by Crippen LogP contribution is -2.57. The minimum atomic E-state index is -0.183. The molecule has 160 valence electrons. The Morgan fingerprint density at radius 1 is 1.10 bits per heavy atom. The molecule has 8 heteroatoms. The highest BCUT2D eigenvalue weighted by Crippen LogP contribution is 2.44. The van der Waals surface area contributed by atoms with Crippen LogP contribution in [0.1, 0.15) is 23.6 Å². The second-order valence-corrected chi connectivity index (χ2v) is 8.97. The maximum atomic E-state index is 12.8. The van der Waals surface area contributed by atoms with Gasteiger partial charge < -0.3 is 15.0 Å². The molecule has 29 heavy (non-hydrogen) atoms. The summed E-state index contributed by atoms with van der Waals surface area (Å²) < 4.78 is -0.183. The molecule has 0 amide bonds. The lowest BCUT2D eigenvalue weighted by Gasteiger charge is -2.50. The zero-order valence-corrected chi connectivity index (χ0v) is 19.3. The molecule has 4 rings (SSSR count). The van der Waals surface area contributed by atoms with Crippen molar-refractivity contribution in [2.75, 3.05) is 39.3 Å². The van der Waals surface area contributed by atoms with Crippen LogP contribution in [0.4, 0.5) is 0 Å². The number of nitrogens with zero attached hydrogens (tertiary/aromatic N) is 2. The number of piperazine rings is 1. The van der Waals surface area contributed by atoms with E-state index in [0.29, 0.717) is 26.1 Å². The van der Waals surface area contributed by atoms with Gasteiger partial charge in [0.1, 0.15) is 0 Å². The largest absolute Gasteiger partial charge is 0.633 e. The maximum absolute atomic E-state index is 12.8. The highest BCUT2D eigenvalue weighted by Gasteiger charge is 2.33. The third kappa shape index (κ3) is 5.60. The number of hydrogen-bond acceptors (Lipinski definition) is 4.